The Hall–Kier alpha value is -0.890. The number of benzene rings is 1. The summed E-state index contributed by atoms with van der Waals surface area (Å²) in [5.74, 6) is -0.252. The lowest BCUT2D eigenvalue weighted by atomic mass is 10.0. The van der Waals surface area contributed by atoms with Crippen molar-refractivity contribution in [2.75, 3.05) is 0 Å². The van der Waals surface area contributed by atoms with E-state index < -0.39 is 5.60 Å². The van der Waals surface area contributed by atoms with E-state index in [0.29, 0.717) is 24.0 Å². The van der Waals surface area contributed by atoms with E-state index in [0.717, 1.165) is 0 Å². The maximum Gasteiger partial charge on any atom is 0.132 e. The summed E-state index contributed by atoms with van der Waals surface area (Å²) in [6, 6.07) is 5.16. The molecular weight excluding hydrogens is 155 g/mol. The molecule has 0 atom stereocenters. The van der Waals surface area contributed by atoms with Gasteiger partial charge in [0.05, 0.1) is 5.60 Å². The normalized spacial score (nSPS) is 19.2. The third-order valence-electron chi connectivity index (χ3n) is 2.42. The predicted molar refractivity (Wildman–Crippen MR) is 44.3 cm³/mol. The Balaban J connectivity index is 2.51. The molecule has 0 unspecified atom stereocenters. The molecule has 0 bridgehead atoms. The highest BCUT2D eigenvalue weighted by atomic mass is 19.1. The highest BCUT2D eigenvalue weighted by Gasteiger charge is 2.44. The minimum Gasteiger partial charge on any atom is -0.385 e. The quantitative estimate of drug-likeness (QED) is 0.677. The third-order valence-corrected chi connectivity index (χ3v) is 2.42. The molecule has 0 heterocycles. The van der Waals surface area contributed by atoms with E-state index in [9.17, 15) is 9.50 Å². The standard InChI is InChI=1S/C10H11FO/c1-7-3-2-4-8(9(7)11)10(12)5-6-10/h2-4,12H,5-6H2,1H3. The summed E-state index contributed by atoms with van der Waals surface area (Å²) in [6.45, 7) is 1.71. The zero-order chi connectivity index (χ0) is 8.77. The molecule has 0 amide bonds. The van der Waals surface area contributed by atoms with Crippen molar-refractivity contribution < 1.29 is 9.50 Å². The van der Waals surface area contributed by atoms with Crippen molar-refractivity contribution in [1.82, 2.24) is 0 Å². The van der Waals surface area contributed by atoms with Crippen LogP contribution in [0.2, 0.25) is 0 Å². The minimum atomic E-state index is -0.851. The van der Waals surface area contributed by atoms with Crippen LogP contribution in [0.15, 0.2) is 18.2 Å². The lowest BCUT2D eigenvalue weighted by Gasteiger charge is -2.10. The molecule has 1 aromatic rings. The SMILES string of the molecule is Cc1cccc(C2(O)CC2)c1F. The first kappa shape index (κ1) is 7.74. The van der Waals surface area contributed by atoms with Crippen molar-refractivity contribution in [3.63, 3.8) is 0 Å². The Bertz CT molecular complexity index is 316. The van der Waals surface area contributed by atoms with Gasteiger partial charge in [0, 0.05) is 5.56 Å². The molecule has 12 heavy (non-hydrogen) atoms. The molecule has 0 aromatic heterocycles. The Kier molecular flexibility index (Phi) is 1.48. The van der Waals surface area contributed by atoms with Crippen molar-refractivity contribution in [3.8, 4) is 0 Å². The van der Waals surface area contributed by atoms with Crippen LogP contribution in [0.3, 0.4) is 0 Å². The Morgan fingerprint density at radius 1 is 1.42 bits per heavy atom. The van der Waals surface area contributed by atoms with Gasteiger partial charge in [-0.25, -0.2) is 4.39 Å². The van der Waals surface area contributed by atoms with Gasteiger partial charge in [0.1, 0.15) is 5.82 Å². The lowest BCUT2D eigenvalue weighted by molar-refractivity contribution is 0.146. The molecular formula is C10H11FO. The van der Waals surface area contributed by atoms with E-state index in [1.807, 2.05) is 0 Å². The first-order valence-corrected chi connectivity index (χ1v) is 4.11. The second-order valence-electron chi connectivity index (χ2n) is 3.47. The Morgan fingerprint density at radius 2 is 2.08 bits per heavy atom. The van der Waals surface area contributed by atoms with E-state index >= 15 is 0 Å². The van der Waals surface area contributed by atoms with Crippen molar-refractivity contribution in [3.05, 3.63) is 35.1 Å². The molecule has 1 aliphatic rings. The van der Waals surface area contributed by atoms with Gasteiger partial charge in [0.2, 0.25) is 0 Å². The molecule has 0 aliphatic heterocycles. The van der Waals surface area contributed by atoms with Gasteiger partial charge in [-0.3, -0.25) is 0 Å². The summed E-state index contributed by atoms with van der Waals surface area (Å²) >= 11 is 0. The number of hydrogen-bond acceptors (Lipinski definition) is 1. The van der Waals surface area contributed by atoms with Crippen molar-refractivity contribution in [2.45, 2.75) is 25.4 Å². The van der Waals surface area contributed by atoms with Crippen LogP contribution in [0.1, 0.15) is 24.0 Å². The lowest BCUT2D eigenvalue weighted by Crippen LogP contribution is -2.07. The molecule has 1 aromatic carbocycles. The molecule has 2 rings (SSSR count). The third kappa shape index (κ3) is 1.03. The maximum absolute atomic E-state index is 13.4. The number of halogens is 1. The number of aryl methyl sites for hydroxylation is 1. The van der Waals surface area contributed by atoms with Crippen LogP contribution in [0.5, 0.6) is 0 Å². The first-order chi connectivity index (χ1) is 5.63. The molecule has 1 nitrogen and oxygen atoms in total. The molecule has 1 saturated carbocycles. The van der Waals surface area contributed by atoms with Crippen molar-refractivity contribution >= 4 is 0 Å². The average Bonchev–Trinajstić information content (AvgIpc) is 2.75. The Labute approximate surface area is 70.8 Å². The van der Waals surface area contributed by atoms with Crippen LogP contribution in [0.25, 0.3) is 0 Å². The second kappa shape index (κ2) is 2.30. The largest absolute Gasteiger partial charge is 0.385 e. The van der Waals surface area contributed by atoms with Crippen LogP contribution in [-0.2, 0) is 5.60 Å². The fourth-order valence-corrected chi connectivity index (χ4v) is 1.39. The molecule has 0 radical (unpaired) electrons. The van der Waals surface area contributed by atoms with Crippen LogP contribution < -0.4 is 0 Å². The molecule has 0 spiro atoms. The predicted octanol–water partition coefficient (Wildman–Crippen LogP) is 2.12. The number of rotatable bonds is 1. The van der Waals surface area contributed by atoms with Crippen LogP contribution in [-0.4, -0.2) is 5.11 Å². The van der Waals surface area contributed by atoms with Gasteiger partial charge in [-0.15, -0.1) is 0 Å². The Morgan fingerprint density at radius 3 is 2.67 bits per heavy atom. The maximum atomic E-state index is 13.4. The smallest absolute Gasteiger partial charge is 0.132 e. The van der Waals surface area contributed by atoms with E-state index in [-0.39, 0.29) is 5.82 Å². The van der Waals surface area contributed by atoms with Gasteiger partial charge in [0.25, 0.3) is 0 Å². The summed E-state index contributed by atoms with van der Waals surface area (Å²) < 4.78 is 13.4. The molecule has 0 saturated heterocycles. The minimum absolute atomic E-state index is 0.252. The fraction of sp³-hybridized carbons (Fsp3) is 0.400. The summed E-state index contributed by atoms with van der Waals surface area (Å²) in [6.07, 6.45) is 1.38. The highest BCUT2D eigenvalue weighted by Crippen LogP contribution is 2.46. The number of aliphatic hydroxyl groups is 1. The second-order valence-corrected chi connectivity index (χ2v) is 3.47. The van der Waals surface area contributed by atoms with E-state index in [1.54, 1.807) is 25.1 Å². The number of hydrogen-bond donors (Lipinski definition) is 1. The van der Waals surface area contributed by atoms with E-state index in [2.05, 4.69) is 0 Å². The molecule has 1 aliphatic carbocycles. The topological polar surface area (TPSA) is 20.2 Å². The molecule has 64 valence electrons. The van der Waals surface area contributed by atoms with Gasteiger partial charge in [-0.1, -0.05) is 18.2 Å². The molecule has 1 fully saturated rings. The highest BCUT2D eigenvalue weighted by molar-refractivity contribution is 5.32. The van der Waals surface area contributed by atoms with Gasteiger partial charge < -0.3 is 5.11 Å². The monoisotopic (exact) mass is 166 g/mol. The zero-order valence-electron chi connectivity index (χ0n) is 6.97. The van der Waals surface area contributed by atoms with Gasteiger partial charge >= 0.3 is 0 Å². The van der Waals surface area contributed by atoms with E-state index in [1.165, 1.54) is 0 Å². The summed E-state index contributed by atoms with van der Waals surface area (Å²) in [7, 11) is 0. The summed E-state index contributed by atoms with van der Waals surface area (Å²) in [4.78, 5) is 0. The fourth-order valence-electron chi connectivity index (χ4n) is 1.39. The van der Waals surface area contributed by atoms with E-state index in [4.69, 9.17) is 0 Å². The molecule has 2 heteroatoms. The van der Waals surface area contributed by atoms with Crippen LogP contribution in [0.4, 0.5) is 4.39 Å². The zero-order valence-corrected chi connectivity index (χ0v) is 6.97. The van der Waals surface area contributed by atoms with Crippen LogP contribution in [0, 0.1) is 12.7 Å². The van der Waals surface area contributed by atoms with Crippen LogP contribution >= 0.6 is 0 Å². The van der Waals surface area contributed by atoms with Gasteiger partial charge in [-0.2, -0.15) is 0 Å². The van der Waals surface area contributed by atoms with Crippen molar-refractivity contribution in [1.29, 1.82) is 0 Å². The van der Waals surface area contributed by atoms with Gasteiger partial charge in [-0.05, 0) is 25.3 Å². The summed E-state index contributed by atoms with van der Waals surface area (Å²) in [5.41, 5.74) is 0.214. The first-order valence-electron chi connectivity index (χ1n) is 4.11. The molecule has 1 N–H and O–H groups in total. The van der Waals surface area contributed by atoms with Gasteiger partial charge in [0.15, 0.2) is 0 Å². The van der Waals surface area contributed by atoms with Crippen molar-refractivity contribution in [2.24, 2.45) is 0 Å². The average molecular weight is 166 g/mol. The summed E-state index contributed by atoms with van der Waals surface area (Å²) in [5, 5.41) is 9.67.